The molecule has 1 nitrogen and oxygen atoms in total. The minimum atomic E-state index is 0.158. The van der Waals surface area contributed by atoms with Crippen LogP contribution in [0.5, 0.6) is 0 Å². The van der Waals surface area contributed by atoms with Crippen LogP contribution in [0, 0.1) is 0 Å². The molecule has 0 aliphatic rings. The molecule has 0 heterocycles. The molecule has 40 valence electrons. The third-order valence-electron chi connectivity index (χ3n) is 0.426. The van der Waals surface area contributed by atoms with Crippen LogP contribution in [0.2, 0.25) is 0 Å². The molecule has 0 radical (unpaired) electrons. The Hall–Kier alpha value is -0.240. The van der Waals surface area contributed by atoms with Crippen molar-refractivity contribution in [1.29, 1.82) is 0 Å². The van der Waals surface area contributed by atoms with Gasteiger partial charge in [0.05, 0.1) is 0 Å². The highest BCUT2D eigenvalue weighted by Crippen LogP contribution is 1.96. The first kappa shape index (κ1) is 6.76. The van der Waals surface area contributed by atoms with Crippen molar-refractivity contribution in [2.75, 3.05) is 0 Å². The summed E-state index contributed by atoms with van der Waals surface area (Å²) >= 11 is 2.84. The highest BCUT2D eigenvalue weighted by Gasteiger charge is 1.71. The summed E-state index contributed by atoms with van der Waals surface area (Å²) in [5.74, 6) is 0. The standard InChI is InChI=1S/C5H7BrO/c1-2-3-4-5(6)7/h2-4,7H,1H3/b3-2-,5-4-. The number of rotatable bonds is 1. The zero-order valence-electron chi connectivity index (χ0n) is 4.06. The fraction of sp³-hybridized carbons (Fsp3) is 0.200. The van der Waals surface area contributed by atoms with Gasteiger partial charge in [0, 0.05) is 0 Å². The fourth-order valence-corrected chi connectivity index (χ4v) is 0.328. The van der Waals surface area contributed by atoms with E-state index >= 15 is 0 Å². The van der Waals surface area contributed by atoms with Crippen LogP contribution in [0.15, 0.2) is 22.9 Å². The van der Waals surface area contributed by atoms with Crippen molar-refractivity contribution in [2.24, 2.45) is 0 Å². The van der Waals surface area contributed by atoms with Crippen molar-refractivity contribution >= 4 is 15.9 Å². The Morgan fingerprint density at radius 1 is 1.71 bits per heavy atom. The Morgan fingerprint density at radius 3 is 2.43 bits per heavy atom. The molecule has 0 spiro atoms. The molecule has 0 unspecified atom stereocenters. The maximum absolute atomic E-state index is 8.41. The van der Waals surface area contributed by atoms with Gasteiger partial charge in [-0.15, -0.1) is 0 Å². The summed E-state index contributed by atoms with van der Waals surface area (Å²) in [6.45, 7) is 1.88. The normalized spacial score (nSPS) is 13.1. The fourth-order valence-electron chi connectivity index (χ4n) is 0.176. The van der Waals surface area contributed by atoms with E-state index < -0.39 is 0 Å². The summed E-state index contributed by atoms with van der Waals surface area (Å²) in [6, 6.07) is 0. The van der Waals surface area contributed by atoms with Gasteiger partial charge in [-0.05, 0) is 28.9 Å². The second-order valence-electron chi connectivity index (χ2n) is 1.02. The molecule has 0 aliphatic carbocycles. The zero-order chi connectivity index (χ0) is 5.70. The Bertz CT molecular complexity index is 90.3. The van der Waals surface area contributed by atoms with Crippen LogP contribution in [-0.2, 0) is 0 Å². The van der Waals surface area contributed by atoms with E-state index in [4.69, 9.17) is 5.11 Å². The average molecular weight is 163 g/mol. The second kappa shape index (κ2) is 3.93. The van der Waals surface area contributed by atoms with Crippen molar-refractivity contribution in [1.82, 2.24) is 0 Å². The van der Waals surface area contributed by atoms with Gasteiger partial charge >= 0.3 is 0 Å². The van der Waals surface area contributed by atoms with Gasteiger partial charge in [0.2, 0.25) is 0 Å². The molecule has 0 saturated heterocycles. The van der Waals surface area contributed by atoms with E-state index in [1.807, 2.05) is 13.0 Å². The quantitative estimate of drug-likeness (QED) is 0.464. The summed E-state index contributed by atoms with van der Waals surface area (Å²) in [4.78, 5) is 0. The molecule has 0 rings (SSSR count). The molecule has 0 aromatic rings. The predicted molar refractivity (Wildman–Crippen MR) is 34.5 cm³/mol. The van der Waals surface area contributed by atoms with Crippen molar-refractivity contribution in [3.05, 3.63) is 22.9 Å². The molecular formula is C5H7BrO. The zero-order valence-corrected chi connectivity index (χ0v) is 5.64. The van der Waals surface area contributed by atoms with Crippen LogP contribution in [-0.4, -0.2) is 5.11 Å². The summed E-state index contributed by atoms with van der Waals surface area (Å²) in [7, 11) is 0. The number of aliphatic hydroxyl groups excluding tert-OH is 1. The highest BCUT2D eigenvalue weighted by molar-refractivity contribution is 9.11. The second-order valence-corrected chi connectivity index (χ2v) is 1.83. The number of aliphatic hydroxyl groups is 1. The maximum atomic E-state index is 8.41. The van der Waals surface area contributed by atoms with Gasteiger partial charge in [0.15, 0.2) is 4.67 Å². The molecule has 0 amide bonds. The minimum Gasteiger partial charge on any atom is -0.502 e. The molecule has 0 aromatic carbocycles. The lowest BCUT2D eigenvalue weighted by molar-refractivity contribution is 0.460. The van der Waals surface area contributed by atoms with Crippen LogP contribution in [0.3, 0.4) is 0 Å². The molecule has 0 saturated carbocycles. The van der Waals surface area contributed by atoms with Crippen molar-refractivity contribution in [3.8, 4) is 0 Å². The largest absolute Gasteiger partial charge is 0.502 e. The Labute approximate surface area is 51.5 Å². The topological polar surface area (TPSA) is 20.2 Å². The first-order chi connectivity index (χ1) is 3.27. The smallest absolute Gasteiger partial charge is 0.158 e. The van der Waals surface area contributed by atoms with E-state index in [-0.39, 0.29) is 4.67 Å². The SMILES string of the molecule is C/C=C\C=C(/O)Br. The Morgan fingerprint density at radius 2 is 2.29 bits per heavy atom. The van der Waals surface area contributed by atoms with Gasteiger partial charge in [0.1, 0.15) is 0 Å². The lowest BCUT2D eigenvalue weighted by Gasteiger charge is -1.75. The molecule has 7 heavy (non-hydrogen) atoms. The van der Waals surface area contributed by atoms with Crippen LogP contribution in [0.1, 0.15) is 6.92 Å². The molecule has 0 bridgehead atoms. The van der Waals surface area contributed by atoms with Crippen LogP contribution < -0.4 is 0 Å². The van der Waals surface area contributed by atoms with E-state index in [1.54, 1.807) is 12.2 Å². The molecular weight excluding hydrogens is 156 g/mol. The Balaban J connectivity index is 3.46. The van der Waals surface area contributed by atoms with Gasteiger partial charge < -0.3 is 5.11 Å². The minimum absolute atomic E-state index is 0.158. The van der Waals surface area contributed by atoms with E-state index in [0.29, 0.717) is 0 Å². The number of allylic oxidation sites excluding steroid dienone is 3. The summed E-state index contributed by atoms with van der Waals surface area (Å²) in [6.07, 6.45) is 5.13. The van der Waals surface area contributed by atoms with Crippen molar-refractivity contribution < 1.29 is 5.11 Å². The highest BCUT2D eigenvalue weighted by atomic mass is 79.9. The van der Waals surface area contributed by atoms with Crippen molar-refractivity contribution in [2.45, 2.75) is 6.92 Å². The first-order valence-corrected chi connectivity index (χ1v) is 2.74. The van der Waals surface area contributed by atoms with Gasteiger partial charge in [-0.25, -0.2) is 0 Å². The van der Waals surface area contributed by atoms with Gasteiger partial charge in [-0.1, -0.05) is 12.2 Å². The van der Waals surface area contributed by atoms with E-state index in [9.17, 15) is 0 Å². The molecule has 1 N–H and O–H groups in total. The number of hydrogen-bond donors (Lipinski definition) is 1. The van der Waals surface area contributed by atoms with Crippen LogP contribution in [0.4, 0.5) is 0 Å². The predicted octanol–water partition coefficient (Wildman–Crippen LogP) is 2.36. The molecule has 0 aromatic heterocycles. The number of hydrogen-bond acceptors (Lipinski definition) is 1. The van der Waals surface area contributed by atoms with E-state index in [0.717, 1.165) is 0 Å². The number of halogens is 1. The van der Waals surface area contributed by atoms with E-state index in [2.05, 4.69) is 15.9 Å². The van der Waals surface area contributed by atoms with Gasteiger partial charge in [-0.3, -0.25) is 0 Å². The third kappa shape index (κ3) is 5.76. The molecule has 0 fully saturated rings. The lowest BCUT2D eigenvalue weighted by Crippen LogP contribution is -1.57. The van der Waals surface area contributed by atoms with Gasteiger partial charge in [-0.2, -0.15) is 0 Å². The Kier molecular flexibility index (Phi) is 3.80. The summed E-state index contributed by atoms with van der Waals surface area (Å²) < 4.78 is 0.158. The van der Waals surface area contributed by atoms with Gasteiger partial charge in [0.25, 0.3) is 0 Å². The molecule has 0 atom stereocenters. The first-order valence-electron chi connectivity index (χ1n) is 1.95. The van der Waals surface area contributed by atoms with Crippen LogP contribution in [0.25, 0.3) is 0 Å². The van der Waals surface area contributed by atoms with Crippen molar-refractivity contribution in [3.63, 3.8) is 0 Å². The lowest BCUT2D eigenvalue weighted by atomic mass is 10.5. The molecule has 0 aliphatic heterocycles. The summed E-state index contributed by atoms with van der Waals surface area (Å²) in [5.41, 5.74) is 0. The van der Waals surface area contributed by atoms with E-state index in [1.165, 1.54) is 0 Å². The maximum Gasteiger partial charge on any atom is 0.158 e. The molecule has 2 heteroatoms. The monoisotopic (exact) mass is 162 g/mol. The third-order valence-corrected chi connectivity index (χ3v) is 0.691. The van der Waals surface area contributed by atoms with Crippen LogP contribution >= 0.6 is 15.9 Å². The average Bonchev–Trinajstić information content (AvgIpc) is 1.61. The summed E-state index contributed by atoms with van der Waals surface area (Å²) in [5, 5.41) is 8.41.